The number of methoxy groups -OCH3 is 1. The van der Waals surface area contributed by atoms with Crippen LogP contribution in [0.2, 0.25) is 0 Å². The molecule has 1 unspecified atom stereocenters. The lowest BCUT2D eigenvalue weighted by atomic mass is 10.1. The minimum Gasteiger partial charge on any atom is -0.468 e. The number of amides is 1. The van der Waals surface area contributed by atoms with E-state index in [4.69, 9.17) is 4.74 Å². The van der Waals surface area contributed by atoms with Gasteiger partial charge in [0.1, 0.15) is 5.54 Å². The second kappa shape index (κ2) is 8.37. The molecule has 1 atom stereocenters. The Kier molecular flexibility index (Phi) is 8.02. The molecule has 0 aromatic heterocycles. The Morgan fingerprint density at radius 3 is 2.28 bits per heavy atom. The lowest BCUT2D eigenvalue weighted by Gasteiger charge is -2.26. The molecule has 0 aliphatic heterocycles. The molecule has 0 fully saturated rings. The fourth-order valence-corrected chi connectivity index (χ4v) is 2.60. The third-order valence-electron chi connectivity index (χ3n) is 2.92. The fraction of sp³-hybridized carbons (Fsp3) is 0.833. The highest BCUT2D eigenvalue weighted by Gasteiger charge is 2.32. The molecule has 1 N–H and O–H groups in total. The molecule has 0 saturated heterocycles. The van der Waals surface area contributed by atoms with E-state index in [-0.39, 0.29) is 11.9 Å². The van der Waals surface area contributed by atoms with E-state index in [1.54, 1.807) is 18.9 Å². The Morgan fingerprint density at radius 1 is 1.33 bits per heavy atom. The topological polar surface area (TPSA) is 58.6 Å². The van der Waals surface area contributed by atoms with Crippen LogP contribution in [0.3, 0.4) is 0 Å². The van der Waals surface area contributed by atoms with Crippen molar-refractivity contribution in [1.29, 1.82) is 0 Å². The third-order valence-corrected chi connectivity index (χ3v) is 4.15. The van der Waals surface area contributed by atoms with E-state index >= 15 is 0 Å². The van der Waals surface area contributed by atoms with Crippen molar-refractivity contribution in [3.8, 4) is 0 Å². The van der Waals surface area contributed by atoms with Gasteiger partial charge in [-0.25, -0.2) is 0 Å². The number of carbonyl (C=O) groups is 2. The zero-order valence-electron chi connectivity index (χ0n) is 11.9. The highest BCUT2D eigenvalue weighted by atomic mass is 32.2. The number of likely N-dealkylation sites (N-methyl/N-ethyl adjacent to an activating group) is 1. The van der Waals surface area contributed by atoms with Crippen LogP contribution in [-0.4, -0.2) is 61.1 Å². The molecule has 0 bridgehead atoms. The van der Waals surface area contributed by atoms with Crippen molar-refractivity contribution >= 4 is 23.6 Å². The molecule has 0 aliphatic rings. The average molecular weight is 276 g/mol. The zero-order chi connectivity index (χ0) is 14.2. The van der Waals surface area contributed by atoms with E-state index in [0.717, 1.165) is 13.1 Å². The maximum absolute atomic E-state index is 11.8. The normalized spacial score (nSPS) is 13.8. The molecular formula is C12H24N2O3S. The Hall–Kier alpha value is -0.750. The molecule has 0 saturated carbocycles. The fourth-order valence-electron chi connectivity index (χ4n) is 1.47. The second-order valence-electron chi connectivity index (χ2n) is 4.13. The molecule has 18 heavy (non-hydrogen) atoms. The third kappa shape index (κ3) is 4.86. The maximum Gasteiger partial charge on any atom is 0.326 e. The summed E-state index contributed by atoms with van der Waals surface area (Å²) < 4.78 is 4.74. The summed E-state index contributed by atoms with van der Waals surface area (Å²) in [7, 11) is 3.08. The van der Waals surface area contributed by atoms with Crippen molar-refractivity contribution in [3.63, 3.8) is 0 Å². The van der Waals surface area contributed by atoms with Crippen LogP contribution in [0.4, 0.5) is 0 Å². The van der Waals surface area contributed by atoms with Crippen LogP contribution in [0.5, 0.6) is 0 Å². The van der Waals surface area contributed by atoms with Gasteiger partial charge in [-0.3, -0.25) is 9.59 Å². The molecule has 5 nitrogen and oxygen atoms in total. The molecule has 0 radical (unpaired) electrons. The number of esters is 1. The smallest absolute Gasteiger partial charge is 0.326 e. The summed E-state index contributed by atoms with van der Waals surface area (Å²) in [6, 6.07) is 0. The van der Waals surface area contributed by atoms with Crippen molar-refractivity contribution in [2.45, 2.75) is 26.3 Å². The molecule has 106 valence electrons. The van der Waals surface area contributed by atoms with Gasteiger partial charge in [0.2, 0.25) is 5.91 Å². The summed E-state index contributed by atoms with van der Waals surface area (Å²) in [6.45, 7) is 7.12. The van der Waals surface area contributed by atoms with Crippen molar-refractivity contribution in [2.24, 2.45) is 0 Å². The number of hydrogen-bond donors (Lipinski definition) is 1. The number of ether oxygens (including phenoxy) is 1. The van der Waals surface area contributed by atoms with Gasteiger partial charge in [-0.2, -0.15) is 0 Å². The van der Waals surface area contributed by atoms with Gasteiger partial charge in [-0.1, -0.05) is 0 Å². The van der Waals surface area contributed by atoms with Gasteiger partial charge >= 0.3 is 5.97 Å². The molecule has 0 aliphatic carbocycles. The van der Waals surface area contributed by atoms with E-state index in [0.29, 0.717) is 11.5 Å². The summed E-state index contributed by atoms with van der Waals surface area (Å²) in [5.74, 6) is 0.681. The summed E-state index contributed by atoms with van der Waals surface area (Å²) >= 11 is 1.44. The first-order valence-corrected chi connectivity index (χ1v) is 7.23. The van der Waals surface area contributed by atoms with Gasteiger partial charge in [-0.15, -0.1) is 11.8 Å². The van der Waals surface area contributed by atoms with Gasteiger partial charge in [-0.05, 0) is 27.8 Å². The molecule has 0 heterocycles. The van der Waals surface area contributed by atoms with Crippen molar-refractivity contribution < 1.29 is 14.3 Å². The molecule has 0 spiro atoms. The van der Waals surface area contributed by atoms with Crippen LogP contribution >= 0.6 is 11.8 Å². The van der Waals surface area contributed by atoms with Crippen LogP contribution in [0.25, 0.3) is 0 Å². The predicted octanol–water partition coefficient (Wildman–Crippen LogP) is 0.739. The first kappa shape index (κ1) is 17.2. The van der Waals surface area contributed by atoms with Gasteiger partial charge in [0.15, 0.2) is 0 Å². The number of rotatable bonds is 8. The SMILES string of the molecule is CCN(CC)C(=O)CSCC(C)(NC)C(=O)OC. The summed E-state index contributed by atoms with van der Waals surface area (Å²) in [5, 5.41) is 2.94. The molecule has 0 aromatic rings. The van der Waals surface area contributed by atoms with E-state index < -0.39 is 5.54 Å². The van der Waals surface area contributed by atoms with Gasteiger partial charge in [0.05, 0.1) is 12.9 Å². The molecule has 1 amide bonds. The number of hydrogen-bond acceptors (Lipinski definition) is 5. The molecule has 6 heteroatoms. The highest BCUT2D eigenvalue weighted by Crippen LogP contribution is 2.15. The van der Waals surface area contributed by atoms with Gasteiger partial charge in [0.25, 0.3) is 0 Å². The van der Waals surface area contributed by atoms with Crippen LogP contribution in [0.15, 0.2) is 0 Å². The Bertz CT molecular complexity index is 282. The predicted molar refractivity (Wildman–Crippen MR) is 74.7 cm³/mol. The Balaban J connectivity index is 4.24. The summed E-state index contributed by atoms with van der Waals surface area (Å²) in [4.78, 5) is 25.2. The van der Waals surface area contributed by atoms with E-state index in [9.17, 15) is 9.59 Å². The summed E-state index contributed by atoms with van der Waals surface area (Å²) in [6.07, 6.45) is 0. The lowest BCUT2D eigenvalue weighted by molar-refractivity contribution is -0.146. The van der Waals surface area contributed by atoms with Crippen molar-refractivity contribution in [2.75, 3.05) is 38.8 Å². The van der Waals surface area contributed by atoms with Crippen LogP contribution < -0.4 is 5.32 Å². The van der Waals surface area contributed by atoms with Crippen LogP contribution in [-0.2, 0) is 14.3 Å². The van der Waals surface area contributed by atoms with E-state index in [1.807, 2.05) is 13.8 Å². The first-order valence-electron chi connectivity index (χ1n) is 6.08. The maximum atomic E-state index is 11.8. The number of thioether (sulfide) groups is 1. The van der Waals surface area contributed by atoms with Crippen molar-refractivity contribution in [1.82, 2.24) is 10.2 Å². The second-order valence-corrected chi connectivity index (χ2v) is 5.12. The van der Waals surface area contributed by atoms with E-state index in [2.05, 4.69) is 5.32 Å². The Labute approximate surface area is 114 Å². The van der Waals surface area contributed by atoms with Crippen LogP contribution in [0.1, 0.15) is 20.8 Å². The summed E-state index contributed by atoms with van der Waals surface area (Å²) in [5.41, 5.74) is -0.747. The number of carbonyl (C=O) groups excluding carboxylic acids is 2. The van der Waals surface area contributed by atoms with Crippen molar-refractivity contribution in [3.05, 3.63) is 0 Å². The quantitative estimate of drug-likeness (QED) is 0.663. The Morgan fingerprint density at radius 2 is 1.89 bits per heavy atom. The zero-order valence-corrected chi connectivity index (χ0v) is 12.7. The monoisotopic (exact) mass is 276 g/mol. The lowest BCUT2D eigenvalue weighted by Crippen LogP contribution is -2.50. The standard InChI is InChI=1S/C12H24N2O3S/c1-6-14(7-2)10(15)8-18-9-12(3,13-4)11(16)17-5/h13H,6-9H2,1-5H3. The molecular weight excluding hydrogens is 252 g/mol. The number of nitrogens with one attached hydrogen (secondary N) is 1. The average Bonchev–Trinajstić information content (AvgIpc) is 2.38. The van der Waals surface area contributed by atoms with Gasteiger partial charge < -0.3 is 15.0 Å². The minimum atomic E-state index is -0.747. The van der Waals surface area contributed by atoms with Crippen LogP contribution in [0, 0.1) is 0 Å². The highest BCUT2D eigenvalue weighted by molar-refractivity contribution is 8.00. The van der Waals surface area contributed by atoms with Gasteiger partial charge in [0, 0.05) is 18.8 Å². The molecule has 0 aromatic carbocycles. The largest absolute Gasteiger partial charge is 0.468 e. The number of nitrogens with zero attached hydrogens (tertiary/aromatic N) is 1. The first-order chi connectivity index (χ1) is 8.45. The molecule has 0 rings (SSSR count). The minimum absolute atomic E-state index is 0.105. The van der Waals surface area contributed by atoms with E-state index in [1.165, 1.54) is 18.9 Å².